The minimum Gasteiger partial charge on any atom is -0.298 e. The third-order valence-corrected chi connectivity index (χ3v) is 2.72. The topological polar surface area (TPSA) is 3.24 Å². The lowest BCUT2D eigenvalue weighted by atomic mass is 10.0. The normalized spacial score (nSPS) is 12.2. The lowest BCUT2D eigenvalue weighted by Gasteiger charge is -2.19. The van der Waals surface area contributed by atoms with E-state index in [1.165, 1.54) is 11.9 Å². The molecule has 0 radical (unpaired) electrons. The Morgan fingerprint density at radius 3 is 2.41 bits per heavy atom. The van der Waals surface area contributed by atoms with Gasteiger partial charge in [-0.25, -0.2) is 0 Å². The fourth-order valence-corrected chi connectivity index (χ4v) is 1.77. The van der Waals surface area contributed by atoms with Gasteiger partial charge in [0.15, 0.2) is 0 Å². The van der Waals surface area contributed by atoms with Crippen LogP contribution < -0.4 is 0 Å². The van der Waals surface area contributed by atoms with Crippen LogP contribution in [0.2, 0.25) is 0 Å². The monoisotopic (exact) mass is 245 g/mol. The third-order valence-electron chi connectivity index (χ3n) is 2.72. The van der Waals surface area contributed by atoms with Crippen LogP contribution in [0.1, 0.15) is 16.7 Å². The lowest BCUT2D eigenvalue weighted by Crippen LogP contribution is -2.32. The number of rotatable bonds is 4. The van der Waals surface area contributed by atoms with Gasteiger partial charge in [-0.15, -0.1) is 0 Å². The van der Waals surface area contributed by atoms with Crippen molar-refractivity contribution in [3.05, 3.63) is 34.9 Å². The van der Waals surface area contributed by atoms with Crippen LogP contribution in [0, 0.1) is 13.8 Å². The molecule has 0 spiro atoms. The number of benzene rings is 1. The molecule has 0 fully saturated rings. The Bertz CT molecular complexity index is 371. The zero-order valence-corrected chi connectivity index (χ0v) is 10.4. The second-order valence-corrected chi connectivity index (χ2v) is 4.53. The molecule has 1 aromatic carbocycles. The van der Waals surface area contributed by atoms with E-state index in [-0.39, 0.29) is 0 Å². The molecule has 0 aliphatic carbocycles. The van der Waals surface area contributed by atoms with Crippen LogP contribution in [-0.4, -0.2) is 31.2 Å². The number of hydrogen-bond acceptors (Lipinski definition) is 1. The Morgan fingerprint density at radius 1 is 1.18 bits per heavy atom. The van der Waals surface area contributed by atoms with Crippen LogP contribution in [0.5, 0.6) is 0 Å². The SMILES string of the molecule is Cc1ccc(C)c(CCN(C)CC(F)(F)F)c1. The molecule has 0 bridgehead atoms. The van der Waals surface area contributed by atoms with Crippen molar-refractivity contribution in [1.82, 2.24) is 4.90 Å². The maximum Gasteiger partial charge on any atom is 0.401 e. The zero-order chi connectivity index (χ0) is 13.1. The summed E-state index contributed by atoms with van der Waals surface area (Å²) in [7, 11) is 1.50. The van der Waals surface area contributed by atoms with Crippen LogP contribution in [0.4, 0.5) is 13.2 Å². The van der Waals surface area contributed by atoms with Gasteiger partial charge in [0.2, 0.25) is 0 Å². The Morgan fingerprint density at radius 2 is 1.82 bits per heavy atom. The molecule has 0 atom stereocenters. The van der Waals surface area contributed by atoms with E-state index in [9.17, 15) is 13.2 Å². The van der Waals surface area contributed by atoms with E-state index in [1.807, 2.05) is 32.0 Å². The van der Waals surface area contributed by atoms with Gasteiger partial charge in [-0.2, -0.15) is 13.2 Å². The molecule has 0 saturated heterocycles. The Hall–Kier alpha value is -1.03. The van der Waals surface area contributed by atoms with E-state index in [4.69, 9.17) is 0 Å². The van der Waals surface area contributed by atoms with E-state index < -0.39 is 12.7 Å². The van der Waals surface area contributed by atoms with E-state index in [1.54, 1.807) is 0 Å². The third kappa shape index (κ3) is 5.22. The van der Waals surface area contributed by atoms with Crippen molar-refractivity contribution in [2.45, 2.75) is 26.4 Å². The van der Waals surface area contributed by atoms with E-state index in [0.717, 1.165) is 16.7 Å². The molecule has 4 heteroatoms. The summed E-state index contributed by atoms with van der Waals surface area (Å²) in [5, 5.41) is 0. The van der Waals surface area contributed by atoms with Crippen molar-refractivity contribution in [3.63, 3.8) is 0 Å². The van der Waals surface area contributed by atoms with Crippen molar-refractivity contribution in [1.29, 1.82) is 0 Å². The Balaban J connectivity index is 2.53. The highest BCUT2D eigenvalue weighted by atomic mass is 19.4. The molecule has 17 heavy (non-hydrogen) atoms. The number of alkyl halides is 3. The molecule has 0 unspecified atom stereocenters. The van der Waals surface area contributed by atoms with Crippen molar-refractivity contribution in [3.8, 4) is 0 Å². The average molecular weight is 245 g/mol. The standard InChI is InChI=1S/C13H18F3N/c1-10-4-5-11(2)12(8-10)6-7-17(3)9-13(14,15)16/h4-5,8H,6-7,9H2,1-3H3. The predicted octanol–water partition coefficient (Wildman–Crippen LogP) is 3.34. The molecule has 0 aromatic heterocycles. The van der Waals surface area contributed by atoms with Crippen molar-refractivity contribution >= 4 is 0 Å². The Kier molecular flexibility index (Phi) is 4.57. The van der Waals surface area contributed by atoms with Crippen LogP contribution in [0.15, 0.2) is 18.2 Å². The predicted molar refractivity (Wildman–Crippen MR) is 63.2 cm³/mol. The molecular weight excluding hydrogens is 227 g/mol. The highest BCUT2D eigenvalue weighted by molar-refractivity contribution is 5.30. The van der Waals surface area contributed by atoms with E-state index >= 15 is 0 Å². The molecule has 0 aliphatic heterocycles. The molecule has 96 valence electrons. The summed E-state index contributed by atoms with van der Waals surface area (Å²) >= 11 is 0. The van der Waals surface area contributed by atoms with Gasteiger partial charge in [-0.1, -0.05) is 23.8 Å². The van der Waals surface area contributed by atoms with Crippen molar-refractivity contribution in [2.75, 3.05) is 20.1 Å². The minimum atomic E-state index is -4.11. The molecule has 0 amide bonds. The van der Waals surface area contributed by atoms with Crippen LogP contribution in [0.3, 0.4) is 0 Å². The second kappa shape index (κ2) is 5.54. The van der Waals surface area contributed by atoms with Gasteiger partial charge in [0.25, 0.3) is 0 Å². The highest BCUT2D eigenvalue weighted by Gasteiger charge is 2.28. The summed E-state index contributed by atoms with van der Waals surface area (Å²) in [6, 6.07) is 6.06. The quantitative estimate of drug-likeness (QED) is 0.786. The van der Waals surface area contributed by atoms with E-state index in [0.29, 0.717) is 13.0 Å². The number of hydrogen-bond donors (Lipinski definition) is 0. The largest absolute Gasteiger partial charge is 0.401 e. The molecule has 0 N–H and O–H groups in total. The first-order chi connectivity index (χ1) is 7.78. The van der Waals surface area contributed by atoms with Crippen LogP contribution >= 0.6 is 0 Å². The van der Waals surface area contributed by atoms with Gasteiger partial charge in [-0.3, -0.25) is 4.90 Å². The summed E-state index contributed by atoms with van der Waals surface area (Å²) in [5.74, 6) is 0. The first-order valence-corrected chi connectivity index (χ1v) is 5.59. The number of halogens is 3. The summed E-state index contributed by atoms with van der Waals surface area (Å²) in [4.78, 5) is 1.31. The van der Waals surface area contributed by atoms with Crippen molar-refractivity contribution < 1.29 is 13.2 Å². The average Bonchev–Trinajstić information content (AvgIpc) is 2.17. The summed E-state index contributed by atoms with van der Waals surface area (Å²) in [6.07, 6.45) is -3.46. The first kappa shape index (κ1) is 14.0. The molecule has 1 rings (SSSR count). The fourth-order valence-electron chi connectivity index (χ4n) is 1.77. The summed E-state index contributed by atoms with van der Waals surface area (Å²) in [5.41, 5.74) is 3.40. The van der Waals surface area contributed by atoms with Gasteiger partial charge in [0.05, 0.1) is 6.54 Å². The van der Waals surface area contributed by atoms with E-state index in [2.05, 4.69) is 0 Å². The van der Waals surface area contributed by atoms with Gasteiger partial charge >= 0.3 is 6.18 Å². The number of likely N-dealkylation sites (N-methyl/N-ethyl adjacent to an activating group) is 1. The smallest absolute Gasteiger partial charge is 0.298 e. The van der Waals surface area contributed by atoms with Gasteiger partial charge in [-0.05, 0) is 38.4 Å². The molecule has 0 aliphatic rings. The molecule has 1 aromatic rings. The molecular formula is C13H18F3N. The van der Waals surface area contributed by atoms with Gasteiger partial charge in [0, 0.05) is 6.54 Å². The lowest BCUT2D eigenvalue weighted by molar-refractivity contribution is -0.142. The second-order valence-electron chi connectivity index (χ2n) is 4.53. The van der Waals surface area contributed by atoms with Gasteiger partial charge < -0.3 is 0 Å². The number of nitrogens with zero attached hydrogens (tertiary/aromatic N) is 1. The Labute approximate surface area is 100 Å². The number of aryl methyl sites for hydroxylation is 2. The van der Waals surface area contributed by atoms with Crippen LogP contribution in [-0.2, 0) is 6.42 Å². The van der Waals surface area contributed by atoms with Gasteiger partial charge in [0.1, 0.15) is 0 Å². The maximum absolute atomic E-state index is 12.1. The molecule has 0 heterocycles. The van der Waals surface area contributed by atoms with Crippen LogP contribution in [0.25, 0.3) is 0 Å². The maximum atomic E-state index is 12.1. The fraction of sp³-hybridized carbons (Fsp3) is 0.538. The first-order valence-electron chi connectivity index (χ1n) is 5.59. The van der Waals surface area contributed by atoms with Crippen molar-refractivity contribution in [2.24, 2.45) is 0 Å². The zero-order valence-electron chi connectivity index (χ0n) is 10.4. The summed E-state index contributed by atoms with van der Waals surface area (Å²) in [6.45, 7) is 3.54. The summed E-state index contributed by atoms with van der Waals surface area (Å²) < 4.78 is 36.4. The molecule has 1 nitrogen and oxygen atoms in total. The molecule has 0 saturated carbocycles. The minimum absolute atomic E-state index is 0.420. The highest BCUT2D eigenvalue weighted by Crippen LogP contribution is 2.16.